The van der Waals surface area contributed by atoms with E-state index in [1.54, 1.807) is 0 Å². The Kier molecular flexibility index (Phi) is 5.95. The minimum atomic E-state index is 0.441. The Bertz CT molecular complexity index is 614. The van der Waals surface area contributed by atoms with Gasteiger partial charge in [0, 0.05) is 5.88 Å². The lowest BCUT2D eigenvalue weighted by molar-refractivity contribution is 0.267. The number of hydrogen-bond donors (Lipinski definition) is 0. The summed E-state index contributed by atoms with van der Waals surface area (Å²) in [5.41, 5.74) is 3.37. The van der Waals surface area contributed by atoms with Crippen molar-refractivity contribution in [3.8, 4) is 11.5 Å². The van der Waals surface area contributed by atoms with Gasteiger partial charge in [0.1, 0.15) is 6.61 Å². The fraction of sp³-hybridized carbons (Fsp3) is 0.294. The Morgan fingerprint density at radius 2 is 1.90 bits per heavy atom. The highest BCUT2D eigenvalue weighted by Crippen LogP contribution is 2.38. The largest absolute Gasteiger partial charge is 0.490 e. The van der Waals surface area contributed by atoms with Gasteiger partial charge in [0.25, 0.3) is 0 Å². The Balaban J connectivity index is 2.24. The number of halogens is 2. The molecular weight excluding hydrogens is 352 g/mol. The first-order valence-corrected chi connectivity index (χ1v) is 8.17. The fourth-order valence-electron chi connectivity index (χ4n) is 2.02. The third kappa shape index (κ3) is 4.14. The molecule has 2 rings (SSSR count). The molecule has 0 saturated carbocycles. The molecule has 0 bridgehead atoms. The summed E-state index contributed by atoms with van der Waals surface area (Å²) in [5.74, 6) is 1.88. The molecule has 4 heteroatoms. The average Bonchev–Trinajstić information content (AvgIpc) is 2.48. The highest BCUT2D eigenvalue weighted by molar-refractivity contribution is 9.10. The molecule has 0 radical (unpaired) electrons. The number of ether oxygens (including phenoxy) is 2. The molecule has 0 aliphatic carbocycles. The zero-order valence-electron chi connectivity index (χ0n) is 12.2. The van der Waals surface area contributed by atoms with Crippen LogP contribution in [-0.4, -0.2) is 6.61 Å². The van der Waals surface area contributed by atoms with Crippen LogP contribution in [0, 0.1) is 6.92 Å². The average molecular weight is 370 g/mol. The van der Waals surface area contributed by atoms with Gasteiger partial charge in [-0.3, -0.25) is 0 Å². The number of rotatable bonds is 6. The second kappa shape index (κ2) is 7.71. The summed E-state index contributed by atoms with van der Waals surface area (Å²) in [7, 11) is 0. The van der Waals surface area contributed by atoms with Crippen molar-refractivity contribution in [2.45, 2.75) is 26.3 Å². The Hall–Kier alpha value is -1.19. The summed E-state index contributed by atoms with van der Waals surface area (Å²) in [6.45, 7) is 5.12. The van der Waals surface area contributed by atoms with Gasteiger partial charge in [-0.25, -0.2) is 0 Å². The molecule has 2 aromatic carbocycles. The van der Waals surface area contributed by atoms with Gasteiger partial charge in [0.05, 0.1) is 11.1 Å². The van der Waals surface area contributed by atoms with E-state index in [0.29, 0.717) is 24.8 Å². The van der Waals surface area contributed by atoms with Crippen LogP contribution in [0.3, 0.4) is 0 Å². The SMILES string of the molecule is CCOc1cc(CCl)cc(Br)c1OCc1ccccc1C. The topological polar surface area (TPSA) is 18.5 Å². The first-order chi connectivity index (χ1) is 10.2. The van der Waals surface area contributed by atoms with Crippen molar-refractivity contribution < 1.29 is 9.47 Å². The molecule has 0 spiro atoms. The third-order valence-corrected chi connectivity index (χ3v) is 4.05. The van der Waals surface area contributed by atoms with E-state index in [4.69, 9.17) is 21.1 Å². The smallest absolute Gasteiger partial charge is 0.175 e. The first kappa shape index (κ1) is 16.2. The summed E-state index contributed by atoms with van der Waals surface area (Å²) >= 11 is 9.44. The number of hydrogen-bond acceptors (Lipinski definition) is 2. The van der Waals surface area contributed by atoms with E-state index >= 15 is 0 Å². The van der Waals surface area contributed by atoms with Crippen LogP contribution in [-0.2, 0) is 12.5 Å². The van der Waals surface area contributed by atoms with Crippen LogP contribution < -0.4 is 9.47 Å². The maximum atomic E-state index is 5.97. The molecule has 2 nitrogen and oxygen atoms in total. The van der Waals surface area contributed by atoms with Gasteiger partial charge in [0.2, 0.25) is 0 Å². The van der Waals surface area contributed by atoms with Gasteiger partial charge in [-0.15, -0.1) is 11.6 Å². The third-order valence-electron chi connectivity index (χ3n) is 3.16. The van der Waals surface area contributed by atoms with E-state index in [0.717, 1.165) is 21.3 Å². The lowest BCUT2D eigenvalue weighted by Crippen LogP contribution is -2.02. The monoisotopic (exact) mass is 368 g/mol. The highest BCUT2D eigenvalue weighted by Gasteiger charge is 2.12. The molecule has 0 saturated heterocycles. The molecule has 2 aromatic rings. The molecule has 0 unspecified atom stereocenters. The van der Waals surface area contributed by atoms with E-state index in [1.807, 2.05) is 31.2 Å². The summed E-state index contributed by atoms with van der Waals surface area (Å²) in [5, 5.41) is 0. The van der Waals surface area contributed by atoms with Crippen LogP contribution in [0.15, 0.2) is 40.9 Å². The molecule has 112 valence electrons. The molecule has 0 atom stereocenters. The predicted molar refractivity (Wildman–Crippen MR) is 90.4 cm³/mol. The van der Waals surface area contributed by atoms with Crippen LogP contribution in [0.1, 0.15) is 23.6 Å². The summed E-state index contributed by atoms with van der Waals surface area (Å²) < 4.78 is 12.5. The Morgan fingerprint density at radius 1 is 1.14 bits per heavy atom. The Labute approximate surface area is 139 Å². The molecule has 0 fully saturated rings. The van der Waals surface area contributed by atoms with Crippen molar-refractivity contribution in [3.05, 3.63) is 57.6 Å². The fourth-order valence-corrected chi connectivity index (χ4v) is 2.78. The van der Waals surface area contributed by atoms with Gasteiger partial charge in [-0.1, -0.05) is 24.3 Å². The van der Waals surface area contributed by atoms with Crippen LogP contribution in [0.4, 0.5) is 0 Å². The normalized spacial score (nSPS) is 10.5. The quantitative estimate of drug-likeness (QED) is 0.628. The van der Waals surface area contributed by atoms with Gasteiger partial charge >= 0.3 is 0 Å². The van der Waals surface area contributed by atoms with Crippen molar-refractivity contribution >= 4 is 27.5 Å². The second-order valence-corrected chi connectivity index (χ2v) is 5.81. The molecule has 0 aliphatic heterocycles. The number of alkyl halides is 1. The van der Waals surface area contributed by atoms with Crippen molar-refractivity contribution in [2.75, 3.05) is 6.61 Å². The van der Waals surface area contributed by atoms with Crippen LogP contribution in [0.2, 0.25) is 0 Å². The van der Waals surface area contributed by atoms with Crippen LogP contribution in [0.5, 0.6) is 11.5 Å². The van der Waals surface area contributed by atoms with Crippen molar-refractivity contribution in [1.29, 1.82) is 0 Å². The van der Waals surface area contributed by atoms with E-state index in [-0.39, 0.29) is 0 Å². The van der Waals surface area contributed by atoms with Gasteiger partial charge < -0.3 is 9.47 Å². The number of aryl methyl sites for hydroxylation is 1. The minimum Gasteiger partial charge on any atom is -0.490 e. The molecule has 0 amide bonds. The van der Waals surface area contributed by atoms with E-state index < -0.39 is 0 Å². The highest BCUT2D eigenvalue weighted by atomic mass is 79.9. The lowest BCUT2D eigenvalue weighted by atomic mass is 10.1. The lowest BCUT2D eigenvalue weighted by Gasteiger charge is -2.15. The summed E-state index contributed by atoms with van der Waals surface area (Å²) in [4.78, 5) is 0. The standard InChI is InChI=1S/C17H18BrClO2/c1-3-20-16-9-13(10-19)8-15(18)17(16)21-11-14-7-5-4-6-12(14)2/h4-9H,3,10-11H2,1-2H3. The maximum Gasteiger partial charge on any atom is 0.175 e. The molecule has 0 aromatic heterocycles. The summed E-state index contributed by atoms with van der Waals surface area (Å²) in [6, 6.07) is 12.1. The first-order valence-electron chi connectivity index (χ1n) is 6.84. The van der Waals surface area contributed by atoms with Crippen molar-refractivity contribution in [1.82, 2.24) is 0 Å². The zero-order chi connectivity index (χ0) is 15.2. The van der Waals surface area contributed by atoms with E-state index in [1.165, 1.54) is 5.56 Å². The molecular formula is C17H18BrClO2. The zero-order valence-corrected chi connectivity index (χ0v) is 14.5. The molecule has 0 heterocycles. The molecule has 0 aliphatic rings. The van der Waals surface area contributed by atoms with Gasteiger partial charge in [0.15, 0.2) is 11.5 Å². The molecule has 21 heavy (non-hydrogen) atoms. The van der Waals surface area contributed by atoms with Gasteiger partial charge in [-0.05, 0) is 58.6 Å². The summed E-state index contributed by atoms with van der Waals surface area (Å²) in [6.07, 6.45) is 0. The van der Waals surface area contributed by atoms with Crippen molar-refractivity contribution in [2.24, 2.45) is 0 Å². The van der Waals surface area contributed by atoms with Crippen molar-refractivity contribution in [3.63, 3.8) is 0 Å². The van der Waals surface area contributed by atoms with E-state index in [2.05, 4.69) is 35.0 Å². The molecule has 0 N–H and O–H groups in total. The Morgan fingerprint density at radius 3 is 2.57 bits per heavy atom. The van der Waals surface area contributed by atoms with Crippen LogP contribution >= 0.6 is 27.5 Å². The number of benzene rings is 2. The van der Waals surface area contributed by atoms with E-state index in [9.17, 15) is 0 Å². The van der Waals surface area contributed by atoms with Crippen LogP contribution in [0.25, 0.3) is 0 Å². The predicted octanol–water partition coefficient (Wildman–Crippen LogP) is 5.47. The van der Waals surface area contributed by atoms with Gasteiger partial charge in [-0.2, -0.15) is 0 Å². The minimum absolute atomic E-state index is 0.441. The maximum absolute atomic E-state index is 5.97. The second-order valence-electron chi connectivity index (χ2n) is 4.69.